The molecule has 2 saturated heterocycles. The van der Waals surface area contributed by atoms with E-state index in [1.807, 2.05) is 19.1 Å². The van der Waals surface area contributed by atoms with Gasteiger partial charge in [-0.1, -0.05) is 12.1 Å². The van der Waals surface area contributed by atoms with E-state index in [1.165, 1.54) is 5.56 Å². The van der Waals surface area contributed by atoms with Crippen molar-refractivity contribution in [2.45, 2.75) is 37.7 Å². The fourth-order valence-electron chi connectivity index (χ4n) is 4.41. The maximum Gasteiger partial charge on any atom is 0.191 e. The molecule has 1 unspecified atom stereocenters. The zero-order chi connectivity index (χ0) is 22.9. The van der Waals surface area contributed by atoms with E-state index in [0.717, 1.165) is 77.2 Å². The second-order valence-corrected chi connectivity index (χ2v) is 9.06. The molecule has 0 amide bonds. The van der Waals surface area contributed by atoms with E-state index in [2.05, 4.69) is 34.6 Å². The molecule has 2 aliphatic rings. The summed E-state index contributed by atoms with van der Waals surface area (Å²) in [5, 5.41) is 17.8. The number of hydrogen-bond acceptors (Lipinski definition) is 6. The van der Waals surface area contributed by atoms with Gasteiger partial charge in [-0.2, -0.15) is 0 Å². The van der Waals surface area contributed by atoms with Gasteiger partial charge in [0.05, 0.1) is 32.5 Å². The lowest BCUT2D eigenvalue weighted by Crippen LogP contribution is -2.50. The Kier molecular flexibility index (Phi) is 9.16. The molecule has 8 heteroatoms. The molecule has 0 spiro atoms. The zero-order valence-electron chi connectivity index (χ0n) is 19.9. The first kappa shape index (κ1) is 24.8. The number of benzene rings is 1. The summed E-state index contributed by atoms with van der Waals surface area (Å²) in [6, 6.07) is 8.36. The predicted octanol–water partition coefficient (Wildman–Crippen LogP) is 1.38. The van der Waals surface area contributed by atoms with Gasteiger partial charge in [-0.15, -0.1) is 0 Å². The van der Waals surface area contributed by atoms with Gasteiger partial charge in [-0.05, 0) is 44.4 Å². The number of ether oxygens (including phenoxy) is 3. The van der Waals surface area contributed by atoms with E-state index in [-0.39, 0.29) is 5.41 Å². The lowest BCUT2D eigenvalue weighted by Gasteiger charge is -2.38. The van der Waals surface area contributed by atoms with Crippen LogP contribution in [0.3, 0.4) is 0 Å². The highest BCUT2D eigenvalue weighted by Crippen LogP contribution is 2.35. The van der Waals surface area contributed by atoms with Crippen LogP contribution in [-0.4, -0.2) is 94.4 Å². The summed E-state index contributed by atoms with van der Waals surface area (Å²) in [7, 11) is 1.69. The molecule has 1 aromatic carbocycles. The lowest BCUT2D eigenvalue weighted by atomic mass is 9.74. The summed E-state index contributed by atoms with van der Waals surface area (Å²) in [5.74, 6) is 1.59. The highest BCUT2D eigenvalue weighted by molar-refractivity contribution is 5.80. The van der Waals surface area contributed by atoms with E-state index in [1.54, 1.807) is 7.11 Å². The van der Waals surface area contributed by atoms with Crippen molar-refractivity contribution in [3.05, 3.63) is 29.8 Å². The predicted molar refractivity (Wildman–Crippen MR) is 127 cm³/mol. The molecule has 0 aliphatic carbocycles. The van der Waals surface area contributed by atoms with Gasteiger partial charge in [0.15, 0.2) is 5.96 Å². The molecule has 2 fully saturated rings. The van der Waals surface area contributed by atoms with Crippen LogP contribution < -0.4 is 15.4 Å². The minimum Gasteiger partial charge on any atom is -0.497 e. The summed E-state index contributed by atoms with van der Waals surface area (Å²) in [5.41, 5.74) is 0.354. The molecule has 0 bridgehead atoms. The summed E-state index contributed by atoms with van der Waals surface area (Å²) < 4.78 is 16.4. The Morgan fingerprint density at radius 2 is 1.78 bits per heavy atom. The second-order valence-electron chi connectivity index (χ2n) is 9.06. The first-order valence-corrected chi connectivity index (χ1v) is 11.7. The summed E-state index contributed by atoms with van der Waals surface area (Å²) >= 11 is 0. The van der Waals surface area contributed by atoms with Gasteiger partial charge in [0.1, 0.15) is 5.75 Å². The average Bonchev–Trinajstić information content (AvgIpc) is 2.82. The van der Waals surface area contributed by atoms with Gasteiger partial charge in [0.25, 0.3) is 0 Å². The Hall–Kier alpha value is -1.87. The van der Waals surface area contributed by atoms with Gasteiger partial charge in [0.2, 0.25) is 0 Å². The van der Waals surface area contributed by atoms with Gasteiger partial charge in [0, 0.05) is 51.4 Å². The SMILES string of the molecule is CCNC(=NCC(C)(O)CN1CCOCC1)NCC1(c2ccc(OC)cc2)CCOCC1. The number of aliphatic hydroxyl groups is 1. The largest absolute Gasteiger partial charge is 0.497 e. The Bertz CT molecular complexity index is 711. The third kappa shape index (κ3) is 7.07. The normalized spacial score (nSPS) is 21.6. The molecule has 0 aromatic heterocycles. The molecular weight excluding hydrogens is 408 g/mol. The monoisotopic (exact) mass is 448 g/mol. The van der Waals surface area contributed by atoms with Crippen molar-refractivity contribution < 1.29 is 19.3 Å². The fourth-order valence-corrected chi connectivity index (χ4v) is 4.41. The molecule has 3 rings (SSSR count). The van der Waals surface area contributed by atoms with Crippen LogP contribution in [0.15, 0.2) is 29.3 Å². The highest BCUT2D eigenvalue weighted by atomic mass is 16.5. The summed E-state index contributed by atoms with van der Waals surface area (Å²) in [6.07, 6.45) is 1.89. The van der Waals surface area contributed by atoms with Crippen LogP contribution in [0.4, 0.5) is 0 Å². The fraction of sp³-hybridized carbons (Fsp3) is 0.708. The molecule has 180 valence electrons. The van der Waals surface area contributed by atoms with Crippen molar-refractivity contribution in [2.24, 2.45) is 4.99 Å². The molecule has 32 heavy (non-hydrogen) atoms. The minimum absolute atomic E-state index is 0.0307. The molecule has 0 radical (unpaired) electrons. The van der Waals surface area contributed by atoms with Crippen LogP contribution in [0.5, 0.6) is 5.75 Å². The number of morpholine rings is 1. The maximum atomic E-state index is 10.9. The Balaban J connectivity index is 1.65. The van der Waals surface area contributed by atoms with Gasteiger partial charge in [-0.3, -0.25) is 9.89 Å². The Morgan fingerprint density at radius 3 is 2.41 bits per heavy atom. The second kappa shape index (κ2) is 11.8. The van der Waals surface area contributed by atoms with Crippen LogP contribution in [0.2, 0.25) is 0 Å². The van der Waals surface area contributed by atoms with Crippen LogP contribution in [0.1, 0.15) is 32.3 Å². The van der Waals surface area contributed by atoms with Crippen molar-refractivity contribution in [1.29, 1.82) is 0 Å². The van der Waals surface area contributed by atoms with Crippen molar-refractivity contribution >= 4 is 5.96 Å². The first-order chi connectivity index (χ1) is 15.5. The molecule has 0 saturated carbocycles. The molecule has 1 atom stereocenters. The van der Waals surface area contributed by atoms with Crippen molar-refractivity contribution in [1.82, 2.24) is 15.5 Å². The molecule has 2 aliphatic heterocycles. The number of hydrogen-bond donors (Lipinski definition) is 3. The minimum atomic E-state index is -0.897. The molecular formula is C24H40N4O4. The first-order valence-electron chi connectivity index (χ1n) is 11.7. The lowest BCUT2D eigenvalue weighted by molar-refractivity contribution is -0.0180. The molecule has 8 nitrogen and oxygen atoms in total. The number of β-amino-alcohol motifs (C(OH)–C–C–N with tert-alkyl or cyclic N) is 1. The van der Waals surface area contributed by atoms with Crippen LogP contribution in [-0.2, 0) is 14.9 Å². The van der Waals surface area contributed by atoms with Crippen molar-refractivity contribution in [3.63, 3.8) is 0 Å². The number of rotatable bonds is 9. The van der Waals surface area contributed by atoms with E-state index in [4.69, 9.17) is 19.2 Å². The van der Waals surface area contributed by atoms with E-state index >= 15 is 0 Å². The maximum absolute atomic E-state index is 10.9. The molecule has 3 N–H and O–H groups in total. The van der Waals surface area contributed by atoms with Crippen LogP contribution in [0.25, 0.3) is 0 Å². The molecule has 2 heterocycles. The Labute approximate surface area is 192 Å². The number of nitrogens with zero attached hydrogens (tertiary/aromatic N) is 2. The molecule has 1 aromatic rings. The average molecular weight is 449 g/mol. The van der Waals surface area contributed by atoms with Gasteiger partial charge >= 0.3 is 0 Å². The van der Waals surface area contributed by atoms with Crippen LogP contribution >= 0.6 is 0 Å². The van der Waals surface area contributed by atoms with Gasteiger partial charge < -0.3 is 30.0 Å². The number of nitrogens with one attached hydrogen (secondary N) is 2. The van der Waals surface area contributed by atoms with Crippen molar-refractivity contribution in [3.8, 4) is 5.75 Å². The standard InChI is InChI=1S/C24H40N4O4/c1-4-25-22(26-17-23(2,29)19-28-11-15-32-16-12-28)27-18-24(9-13-31-14-10-24)20-5-7-21(30-3)8-6-20/h5-8,29H,4,9-19H2,1-3H3,(H2,25,26,27). The summed E-state index contributed by atoms with van der Waals surface area (Å²) in [4.78, 5) is 6.96. The third-order valence-corrected chi connectivity index (χ3v) is 6.34. The summed E-state index contributed by atoms with van der Waals surface area (Å²) in [6.45, 7) is 11.0. The van der Waals surface area contributed by atoms with Gasteiger partial charge in [-0.25, -0.2) is 0 Å². The number of aliphatic imine (C=N–C) groups is 1. The number of methoxy groups -OCH3 is 1. The van der Waals surface area contributed by atoms with E-state index in [9.17, 15) is 5.11 Å². The zero-order valence-corrected chi connectivity index (χ0v) is 19.9. The Morgan fingerprint density at radius 1 is 1.12 bits per heavy atom. The topological polar surface area (TPSA) is 87.6 Å². The smallest absolute Gasteiger partial charge is 0.191 e. The third-order valence-electron chi connectivity index (χ3n) is 6.34. The number of guanidine groups is 1. The quantitative estimate of drug-likeness (QED) is 0.389. The van der Waals surface area contributed by atoms with E-state index < -0.39 is 5.60 Å². The highest BCUT2D eigenvalue weighted by Gasteiger charge is 2.35. The van der Waals surface area contributed by atoms with Crippen molar-refractivity contribution in [2.75, 3.05) is 72.8 Å². The van der Waals surface area contributed by atoms with Crippen LogP contribution in [0, 0.1) is 0 Å². The van der Waals surface area contributed by atoms with E-state index in [0.29, 0.717) is 13.1 Å².